The van der Waals surface area contributed by atoms with Gasteiger partial charge in [-0.25, -0.2) is 0 Å². The van der Waals surface area contributed by atoms with Gasteiger partial charge in [0.25, 0.3) is 0 Å². The van der Waals surface area contributed by atoms with E-state index in [1.807, 2.05) is 0 Å². The van der Waals surface area contributed by atoms with Crippen molar-refractivity contribution in [2.75, 3.05) is 13.2 Å². The molecule has 1 aliphatic heterocycles. The lowest BCUT2D eigenvalue weighted by molar-refractivity contribution is -0.0121. The molecule has 0 amide bonds. The van der Waals surface area contributed by atoms with Crippen molar-refractivity contribution in [1.29, 1.82) is 0 Å². The van der Waals surface area contributed by atoms with Crippen molar-refractivity contribution in [3.63, 3.8) is 0 Å². The molecule has 0 aromatic heterocycles. The number of aryl methyl sites for hydroxylation is 2. The standard InChI is InChI=1S/C18H27NO/c1-3-19-17(18(2)11-6-12-20-18)16-10-9-14-7-4-5-8-15(14)13-16/h9-10,13,17,19H,3-8,11-12H2,1-2H3. The molecule has 2 unspecified atom stereocenters. The highest BCUT2D eigenvalue weighted by atomic mass is 16.5. The number of fused-ring (bicyclic) bond motifs is 1. The number of benzene rings is 1. The van der Waals surface area contributed by atoms with Crippen molar-refractivity contribution in [1.82, 2.24) is 5.32 Å². The second kappa shape index (κ2) is 5.87. The highest BCUT2D eigenvalue weighted by Crippen LogP contribution is 2.38. The minimum Gasteiger partial charge on any atom is -0.373 e. The van der Waals surface area contributed by atoms with Crippen LogP contribution in [0, 0.1) is 0 Å². The van der Waals surface area contributed by atoms with Gasteiger partial charge >= 0.3 is 0 Å². The van der Waals surface area contributed by atoms with Crippen LogP contribution in [-0.4, -0.2) is 18.8 Å². The van der Waals surface area contributed by atoms with Gasteiger partial charge in [0.1, 0.15) is 0 Å². The van der Waals surface area contributed by atoms with Crippen molar-refractivity contribution < 1.29 is 4.74 Å². The lowest BCUT2D eigenvalue weighted by atomic mass is 9.84. The maximum Gasteiger partial charge on any atom is 0.0849 e. The van der Waals surface area contributed by atoms with Gasteiger partial charge in [0.2, 0.25) is 0 Å². The zero-order chi connectivity index (χ0) is 14.0. The van der Waals surface area contributed by atoms with E-state index >= 15 is 0 Å². The van der Waals surface area contributed by atoms with Crippen LogP contribution in [0.5, 0.6) is 0 Å². The second-order valence-electron chi connectivity index (χ2n) is 6.49. The van der Waals surface area contributed by atoms with Crippen LogP contribution in [0.25, 0.3) is 0 Å². The molecule has 2 atom stereocenters. The molecule has 1 heterocycles. The highest BCUT2D eigenvalue weighted by Gasteiger charge is 2.39. The SMILES string of the molecule is CCNC(c1ccc2c(c1)CCCC2)C1(C)CCCO1. The number of hydrogen-bond acceptors (Lipinski definition) is 2. The molecule has 0 saturated carbocycles. The van der Waals surface area contributed by atoms with E-state index in [2.05, 4.69) is 37.4 Å². The predicted molar refractivity (Wildman–Crippen MR) is 83.1 cm³/mol. The third kappa shape index (κ3) is 2.64. The fourth-order valence-electron chi connectivity index (χ4n) is 3.85. The van der Waals surface area contributed by atoms with Crippen LogP contribution >= 0.6 is 0 Å². The number of rotatable bonds is 4. The molecule has 0 radical (unpaired) electrons. The summed E-state index contributed by atoms with van der Waals surface area (Å²) < 4.78 is 6.09. The van der Waals surface area contributed by atoms with Gasteiger partial charge in [-0.05, 0) is 68.7 Å². The zero-order valence-corrected chi connectivity index (χ0v) is 12.9. The summed E-state index contributed by atoms with van der Waals surface area (Å²) in [5.41, 5.74) is 4.50. The largest absolute Gasteiger partial charge is 0.373 e. The molecule has 3 rings (SSSR count). The molecule has 1 saturated heterocycles. The normalized spacial score (nSPS) is 27.3. The van der Waals surface area contributed by atoms with E-state index in [4.69, 9.17) is 4.74 Å². The van der Waals surface area contributed by atoms with Gasteiger partial charge in [-0.3, -0.25) is 0 Å². The summed E-state index contributed by atoms with van der Waals surface area (Å²) in [6.45, 7) is 6.35. The molecular formula is C18H27NO. The first-order chi connectivity index (χ1) is 9.73. The zero-order valence-electron chi connectivity index (χ0n) is 12.9. The summed E-state index contributed by atoms with van der Waals surface area (Å²) in [5, 5.41) is 3.66. The fraction of sp³-hybridized carbons (Fsp3) is 0.667. The Bertz CT molecular complexity index is 462. The van der Waals surface area contributed by atoms with Crippen LogP contribution in [-0.2, 0) is 17.6 Å². The fourth-order valence-corrected chi connectivity index (χ4v) is 3.85. The molecule has 0 spiro atoms. The van der Waals surface area contributed by atoms with Gasteiger partial charge in [0.15, 0.2) is 0 Å². The Balaban J connectivity index is 1.91. The Morgan fingerprint density at radius 2 is 2.00 bits per heavy atom. The first kappa shape index (κ1) is 14.1. The molecule has 2 aliphatic rings. The molecule has 2 heteroatoms. The van der Waals surface area contributed by atoms with Crippen molar-refractivity contribution in [3.05, 3.63) is 34.9 Å². The van der Waals surface area contributed by atoms with E-state index in [1.54, 1.807) is 11.1 Å². The average Bonchev–Trinajstić information content (AvgIpc) is 2.92. The minimum atomic E-state index is -0.0427. The van der Waals surface area contributed by atoms with Crippen LogP contribution in [0.2, 0.25) is 0 Å². The Labute approximate surface area is 122 Å². The molecule has 1 fully saturated rings. The monoisotopic (exact) mass is 273 g/mol. The molecule has 1 N–H and O–H groups in total. The molecule has 1 aromatic rings. The Hall–Kier alpha value is -0.860. The van der Waals surface area contributed by atoms with E-state index in [9.17, 15) is 0 Å². The maximum absolute atomic E-state index is 6.09. The Morgan fingerprint density at radius 1 is 1.20 bits per heavy atom. The lowest BCUT2D eigenvalue weighted by Gasteiger charge is -2.35. The van der Waals surface area contributed by atoms with E-state index in [0.29, 0.717) is 6.04 Å². The molecule has 1 aromatic carbocycles. The summed E-state index contributed by atoms with van der Waals surface area (Å²) in [7, 11) is 0. The van der Waals surface area contributed by atoms with Crippen LogP contribution < -0.4 is 5.32 Å². The maximum atomic E-state index is 6.09. The number of ether oxygens (including phenoxy) is 1. The van der Waals surface area contributed by atoms with Crippen LogP contribution in [0.1, 0.15) is 62.3 Å². The van der Waals surface area contributed by atoms with E-state index < -0.39 is 0 Å². The number of nitrogens with one attached hydrogen (secondary N) is 1. The van der Waals surface area contributed by atoms with Gasteiger partial charge in [-0.2, -0.15) is 0 Å². The summed E-state index contributed by atoms with van der Waals surface area (Å²) in [6.07, 6.45) is 7.54. The molecule has 20 heavy (non-hydrogen) atoms. The quantitative estimate of drug-likeness (QED) is 0.901. The van der Waals surface area contributed by atoms with E-state index in [1.165, 1.54) is 37.7 Å². The molecule has 1 aliphatic carbocycles. The van der Waals surface area contributed by atoms with Crippen molar-refractivity contribution in [2.45, 2.75) is 64.0 Å². The number of hydrogen-bond donors (Lipinski definition) is 1. The van der Waals surface area contributed by atoms with Gasteiger partial charge in [-0.15, -0.1) is 0 Å². The topological polar surface area (TPSA) is 21.3 Å². The van der Waals surface area contributed by atoms with Gasteiger partial charge in [0.05, 0.1) is 11.6 Å². The third-order valence-electron chi connectivity index (χ3n) is 4.97. The van der Waals surface area contributed by atoms with E-state index in [0.717, 1.165) is 19.6 Å². The second-order valence-corrected chi connectivity index (χ2v) is 6.49. The van der Waals surface area contributed by atoms with Crippen LogP contribution in [0.3, 0.4) is 0 Å². The lowest BCUT2D eigenvalue weighted by Crippen LogP contribution is -2.41. The molecular weight excluding hydrogens is 246 g/mol. The molecule has 0 bridgehead atoms. The van der Waals surface area contributed by atoms with Crippen molar-refractivity contribution in [3.8, 4) is 0 Å². The van der Waals surface area contributed by atoms with E-state index in [-0.39, 0.29) is 5.60 Å². The van der Waals surface area contributed by atoms with Gasteiger partial charge in [0, 0.05) is 6.61 Å². The summed E-state index contributed by atoms with van der Waals surface area (Å²) in [5.74, 6) is 0. The summed E-state index contributed by atoms with van der Waals surface area (Å²) in [6, 6.07) is 7.44. The van der Waals surface area contributed by atoms with Crippen molar-refractivity contribution in [2.24, 2.45) is 0 Å². The Morgan fingerprint density at radius 3 is 2.70 bits per heavy atom. The minimum absolute atomic E-state index is 0.0427. The van der Waals surface area contributed by atoms with Crippen molar-refractivity contribution >= 4 is 0 Å². The first-order valence-corrected chi connectivity index (χ1v) is 8.22. The van der Waals surface area contributed by atoms with Gasteiger partial charge < -0.3 is 10.1 Å². The summed E-state index contributed by atoms with van der Waals surface area (Å²) in [4.78, 5) is 0. The smallest absolute Gasteiger partial charge is 0.0849 e. The highest BCUT2D eigenvalue weighted by molar-refractivity contribution is 5.36. The third-order valence-corrected chi connectivity index (χ3v) is 4.97. The average molecular weight is 273 g/mol. The van der Waals surface area contributed by atoms with Gasteiger partial charge in [-0.1, -0.05) is 25.1 Å². The first-order valence-electron chi connectivity index (χ1n) is 8.22. The van der Waals surface area contributed by atoms with Crippen LogP contribution in [0.15, 0.2) is 18.2 Å². The summed E-state index contributed by atoms with van der Waals surface area (Å²) >= 11 is 0. The Kier molecular flexibility index (Phi) is 4.13. The molecule has 2 nitrogen and oxygen atoms in total. The predicted octanol–water partition coefficient (Wildman–Crippen LogP) is 3.79. The number of likely N-dealkylation sites (N-methyl/N-ethyl adjacent to an activating group) is 1. The van der Waals surface area contributed by atoms with Crippen LogP contribution in [0.4, 0.5) is 0 Å². The molecule has 110 valence electrons.